The molecule has 0 N–H and O–H groups in total. The number of aromatic nitrogens is 5. The van der Waals surface area contributed by atoms with Gasteiger partial charge in [-0.15, -0.1) is 10.2 Å². The molecule has 0 saturated heterocycles. The zero-order valence-electron chi connectivity index (χ0n) is 14.1. The molecule has 0 spiro atoms. The van der Waals surface area contributed by atoms with E-state index in [9.17, 15) is 30.7 Å². The second-order valence-electron chi connectivity index (χ2n) is 5.78. The van der Waals surface area contributed by atoms with Gasteiger partial charge in [-0.05, 0) is 31.5 Å². The molecule has 0 aliphatic carbocycles. The molecule has 0 bridgehead atoms. The van der Waals surface area contributed by atoms with Crippen molar-refractivity contribution in [2.75, 3.05) is 0 Å². The molecule has 0 radical (unpaired) electrons. The molecule has 1 atom stereocenters. The molecule has 0 fully saturated rings. The van der Waals surface area contributed by atoms with Crippen molar-refractivity contribution < 1.29 is 35.5 Å². The van der Waals surface area contributed by atoms with E-state index in [2.05, 4.69) is 25.0 Å². The summed E-state index contributed by atoms with van der Waals surface area (Å²) in [5, 5.41) is 10.2. The van der Waals surface area contributed by atoms with Crippen LogP contribution in [0.2, 0.25) is 0 Å². The van der Waals surface area contributed by atoms with E-state index in [0.29, 0.717) is 17.0 Å². The summed E-state index contributed by atoms with van der Waals surface area (Å²) in [5.41, 5.74) is -0.00142. The molecule has 6 nitrogen and oxygen atoms in total. The predicted octanol–water partition coefficient (Wildman–Crippen LogP) is 3.98. The molecule has 3 aromatic heterocycles. The van der Waals surface area contributed by atoms with Crippen molar-refractivity contribution in [3.63, 3.8) is 0 Å². The normalized spacial score (nSPS) is 13.8. The Bertz CT molecular complexity index is 1030. The maximum atomic E-state index is 14.1. The van der Waals surface area contributed by atoms with Gasteiger partial charge in [0.25, 0.3) is 11.7 Å². The van der Waals surface area contributed by atoms with Crippen LogP contribution in [0.4, 0.5) is 30.7 Å². The van der Waals surface area contributed by atoms with Crippen LogP contribution in [-0.4, -0.2) is 37.1 Å². The first kappa shape index (κ1) is 19.8. The van der Waals surface area contributed by atoms with Crippen LogP contribution in [0.1, 0.15) is 18.3 Å². The highest BCUT2D eigenvalue weighted by Crippen LogP contribution is 2.31. The number of rotatable bonds is 3. The summed E-state index contributed by atoms with van der Waals surface area (Å²) in [7, 11) is 0. The van der Waals surface area contributed by atoms with Crippen LogP contribution in [0.3, 0.4) is 0 Å². The number of alkyl halides is 6. The number of fused-ring (bicyclic) bond motifs is 1. The topological polar surface area (TPSA) is 65.2 Å². The van der Waals surface area contributed by atoms with Crippen molar-refractivity contribution in [1.82, 2.24) is 24.8 Å². The van der Waals surface area contributed by atoms with E-state index in [1.54, 1.807) is 0 Å². The fourth-order valence-corrected chi connectivity index (χ4v) is 2.26. The number of aryl methyl sites for hydroxylation is 1. The quantitative estimate of drug-likeness (QED) is 0.613. The molecule has 0 aromatic carbocycles. The van der Waals surface area contributed by atoms with Crippen LogP contribution in [-0.2, 0) is 6.18 Å². The van der Waals surface area contributed by atoms with Crippen molar-refractivity contribution in [1.29, 1.82) is 0 Å². The number of ether oxygens (including phenoxy) is 1. The van der Waals surface area contributed by atoms with Crippen molar-refractivity contribution >= 4 is 5.65 Å². The number of hydrogen-bond donors (Lipinski definition) is 0. The zero-order valence-corrected chi connectivity index (χ0v) is 14.1. The summed E-state index contributed by atoms with van der Waals surface area (Å²) in [6.07, 6.45) is -10.9. The third-order valence-electron chi connectivity index (χ3n) is 3.67. The molecular formula is C15H10F7N5O. The summed E-state index contributed by atoms with van der Waals surface area (Å²) in [4.78, 5) is 3.49. The van der Waals surface area contributed by atoms with Crippen molar-refractivity contribution in [2.45, 2.75) is 32.3 Å². The Morgan fingerprint density at radius 2 is 1.75 bits per heavy atom. The third-order valence-corrected chi connectivity index (χ3v) is 3.67. The van der Waals surface area contributed by atoms with Gasteiger partial charge < -0.3 is 4.74 Å². The molecule has 13 heteroatoms. The van der Waals surface area contributed by atoms with Crippen LogP contribution < -0.4 is 4.74 Å². The standard InChI is InChI=1S/C15H10F7N5O/c1-6-3-10-24-25-13(15(20,21)22)27(10)26-11(6)8-4-9(16)12(23-5-8)28-7(2)14(17,18)19/h3-5,7H,1-2H3/t7-/m1/s1. The lowest BCUT2D eigenvalue weighted by molar-refractivity contribution is -0.190. The summed E-state index contributed by atoms with van der Waals surface area (Å²) >= 11 is 0. The maximum Gasteiger partial charge on any atom is 0.453 e. The van der Waals surface area contributed by atoms with E-state index in [1.165, 1.54) is 13.0 Å². The molecule has 0 saturated carbocycles. The predicted molar refractivity (Wildman–Crippen MR) is 79.9 cm³/mol. The number of nitrogens with zero attached hydrogens (tertiary/aromatic N) is 5. The summed E-state index contributed by atoms with van der Waals surface area (Å²) < 4.78 is 95.5. The Morgan fingerprint density at radius 3 is 2.32 bits per heavy atom. The highest BCUT2D eigenvalue weighted by molar-refractivity contribution is 5.64. The van der Waals surface area contributed by atoms with Crippen molar-refractivity contribution in [2.24, 2.45) is 0 Å². The van der Waals surface area contributed by atoms with Gasteiger partial charge in [-0.2, -0.15) is 36.0 Å². The first-order chi connectivity index (χ1) is 12.9. The highest BCUT2D eigenvalue weighted by Gasteiger charge is 2.39. The molecule has 28 heavy (non-hydrogen) atoms. The summed E-state index contributed by atoms with van der Waals surface area (Å²) in [5.74, 6) is -3.50. The minimum absolute atomic E-state index is 0.0641. The van der Waals surface area contributed by atoms with Gasteiger partial charge in [0.2, 0.25) is 0 Å². The van der Waals surface area contributed by atoms with Gasteiger partial charge in [-0.25, -0.2) is 9.37 Å². The molecule has 3 rings (SSSR count). The lowest BCUT2D eigenvalue weighted by Gasteiger charge is -2.17. The Morgan fingerprint density at radius 1 is 1.07 bits per heavy atom. The second kappa shape index (κ2) is 6.56. The van der Waals surface area contributed by atoms with Gasteiger partial charge in [0.15, 0.2) is 17.6 Å². The molecule has 3 aromatic rings. The molecule has 0 unspecified atom stereocenters. The monoisotopic (exact) mass is 409 g/mol. The molecule has 150 valence electrons. The fraction of sp³-hybridized carbons (Fsp3) is 0.333. The van der Waals surface area contributed by atoms with E-state index >= 15 is 0 Å². The molecule has 3 heterocycles. The number of hydrogen-bond acceptors (Lipinski definition) is 5. The number of halogens is 7. The summed E-state index contributed by atoms with van der Waals surface area (Å²) in [6.45, 7) is 2.16. The third kappa shape index (κ3) is 3.68. The Hall–Kier alpha value is -2.99. The van der Waals surface area contributed by atoms with Crippen molar-refractivity contribution in [3.8, 4) is 17.1 Å². The summed E-state index contributed by atoms with van der Waals surface area (Å²) in [6, 6.07) is 2.02. The lowest BCUT2D eigenvalue weighted by atomic mass is 10.1. The SMILES string of the molecule is Cc1cc2nnc(C(F)(F)F)n2nc1-c1cnc(O[C@H](C)C(F)(F)F)c(F)c1. The van der Waals surface area contributed by atoms with E-state index in [1.807, 2.05) is 0 Å². The smallest absolute Gasteiger partial charge is 0.453 e. The molecule has 0 aliphatic heterocycles. The van der Waals surface area contributed by atoms with E-state index in [0.717, 1.165) is 12.3 Å². The van der Waals surface area contributed by atoms with Gasteiger partial charge in [0, 0.05) is 11.8 Å². The van der Waals surface area contributed by atoms with Gasteiger partial charge in [0.1, 0.15) is 0 Å². The maximum absolute atomic E-state index is 14.1. The Balaban J connectivity index is 2.03. The van der Waals surface area contributed by atoms with Gasteiger partial charge >= 0.3 is 12.4 Å². The lowest BCUT2D eigenvalue weighted by Crippen LogP contribution is -2.31. The Labute approximate surface area is 152 Å². The molecular weight excluding hydrogens is 399 g/mol. The first-order valence-corrected chi connectivity index (χ1v) is 7.57. The number of pyridine rings is 1. The van der Waals surface area contributed by atoms with Crippen LogP contribution in [0.25, 0.3) is 16.9 Å². The van der Waals surface area contributed by atoms with Gasteiger partial charge in [0.05, 0.1) is 5.69 Å². The molecule has 0 amide bonds. The first-order valence-electron chi connectivity index (χ1n) is 7.57. The van der Waals surface area contributed by atoms with Crippen LogP contribution in [0.15, 0.2) is 18.3 Å². The average molecular weight is 409 g/mol. The van der Waals surface area contributed by atoms with E-state index < -0.39 is 36.0 Å². The van der Waals surface area contributed by atoms with E-state index in [-0.39, 0.29) is 16.9 Å². The fourth-order valence-electron chi connectivity index (χ4n) is 2.26. The average Bonchev–Trinajstić information content (AvgIpc) is 2.97. The van der Waals surface area contributed by atoms with Crippen LogP contribution >= 0.6 is 0 Å². The largest absolute Gasteiger partial charge is 0.463 e. The Kier molecular flexibility index (Phi) is 4.63. The van der Waals surface area contributed by atoms with E-state index in [4.69, 9.17) is 0 Å². The zero-order chi connectivity index (χ0) is 20.9. The highest BCUT2D eigenvalue weighted by atomic mass is 19.4. The van der Waals surface area contributed by atoms with Gasteiger partial charge in [-0.1, -0.05) is 0 Å². The minimum atomic E-state index is -4.83. The van der Waals surface area contributed by atoms with Crippen LogP contribution in [0.5, 0.6) is 5.88 Å². The van der Waals surface area contributed by atoms with Gasteiger partial charge in [-0.3, -0.25) is 0 Å². The van der Waals surface area contributed by atoms with Crippen molar-refractivity contribution in [3.05, 3.63) is 35.5 Å². The minimum Gasteiger partial charge on any atom is -0.463 e. The van der Waals surface area contributed by atoms with Crippen LogP contribution in [0, 0.1) is 12.7 Å². The second-order valence-corrected chi connectivity index (χ2v) is 5.78. The molecule has 0 aliphatic rings.